The van der Waals surface area contributed by atoms with Gasteiger partial charge in [-0.2, -0.15) is 4.31 Å². The average Bonchev–Trinajstić information content (AvgIpc) is 2.92. The molecule has 0 aliphatic carbocycles. The van der Waals surface area contributed by atoms with Gasteiger partial charge in [0.15, 0.2) is 0 Å². The minimum Gasteiger partial charge on any atom is -0.315 e. The highest BCUT2D eigenvalue weighted by Gasteiger charge is 2.33. The molecule has 1 aromatic rings. The molecule has 21 heavy (non-hydrogen) atoms. The summed E-state index contributed by atoms with van der Waals surface area (Å²) >= 11 is 3.37. The van der Waals surface area contributed by atoms with Gasteiger partial charge in [-0.25, -0.2) is 8.42 Å². The van der Waals surface area contributed by atoms with E-state index < -0.39 is 10.0 Å². The Bertz CT molecular complexity index is 574. The third kappa shape index (κ3) is 4.20. The van der Waals surface area contributed by atoms with Crippen molar-refractivity contribution in [3.8, 4) is 0 Å². The lowest BCUT2D eigenvalue weighted by Gasteiger charge is -2.28. The Hall–Kier alpha value is -0.140. The number of nitrogens with zero attached hydrogens (tertiary/aromatic N) is 1. The van der Waals surface area contributed by atoms with Crippen molar-refractivity contribution in [2.24, 2.45) is 0 Å². The summed E-state index contributed by atoms with van der Waals surface area (Å²) in [6.07, 6.45) is 1.70. The minimum absolute atomic E-state index is 0. The van der Waals surface area contributed by atoms with Gasteiger partial charge < -0.3 is 5.32 Å². The van der Waals surface area contributed by atoms with Crippen LogP contribution in [0.25, 0.3) is 0 Å². The second-order valence-corrected chi connectivity index (χ2v) is 7.95. The van der Waals surface area contributed by atoms with Gasteiger partial charge in [0.05, 0.1) is 4.90 Å². The van der Waals surface area contributed by atoms with E-state index in [-0.39, 0.29) is 18.4 Å². The lowest BCUT2D eigenvalue weighted by atomic mass is 10.2. The predicted octanol–water partition coefficient (Wildman–Crippen LogP) is 2.94. The second-order valence-electron chi connectivity index (χ2n) is 5.17. The first-order valence-electron chi connectivity index (χ1n) is 6.95. The maximum atomic E-state index is 13.0. The van der Waals surface area contributed by atoms with E-state index in [4.69, 9.17) is 0 Å². The summed E-state index contributed by atoms with van der Waals surface area (Å²) in [5, 5.41) is 3.25. The fourth-order valence-electron chi connectivity index (χ4n) is 2.58. The van der Waals surface area contributed by atoms with E-state index >= 15 is 0 Å². The molecule has 0 amide bonds. The summed E-state index contributed by atoms with van der Waals surface area (Å²) < 4.78 is 28.4. The maximum Gasteiger partial charge on any atom is 0.243 e. The fraction of sp³-hybridized carbons (Fsp3) is 0.571. The summed E-state index contributed by atoms with van der Waals surface area (Å²) in [5.74, 6) is 0. The standard InChI is InChI=1S/C14H21BrN2O2S.ClH/c1-3-8-17(13-6-7-16-10-13)20(18,19)14-9-12(15)5-4-11(14)2;/h4-5,9,13,16H,3,6-8,10H2,1-2H3;1H. The molecule has 1 saturated heterocycles. The third-order valence-corrected chi connectivity index (χ3v) is 6.21. The smallest absolute Gasteiger partial charge is 0.243 e. The predicted molar refractivity (Wildman–Crippen MR) is 91.6 cm³/mol. The van der Waals surface area contributed by atoms with Crippen LogP contribution in [0.5, 0.6) is 0 Å². The Morgan fingerprint density at radius 2 is 2.14 bits per heavy atom. The Morgan fingerprint density at radius 1 is 1.43 bits per heavy atom. The number of nitrogens with one attached hydrogen (secondary N) is 1. The zero-order valence-corrected chi connectivity index (χ0v) is 15.5. The van der Waals surface area contributed by atoms with Gasteiger partial charge in [0.1, 0.15) is 0 Å². The molecule has 1 aliphatic heterocycles. The highest BCUT2D eigenvalue weighted by molar-refractivity contribution is 9.10. The number of benzene rings is 1. The Kier molecular flexibility index (Phi) is 7.13. The topological polar surface area (TPSA) is 49.4 Å². The molecule has 7 heteroatoms. The number of rotatable bonds is 5. The number of hydrogen-bond acceptors (Lipinski definition) is 3. The molecule has 0 spiro atoms. The van der Waals surface area contributed by atoms with Crippen LogP contribution in [0.1, 0.15) is 25.3 Å². The van der Waals surface area contributed by atoms with E-state index in [2.05, 4.69) is 21.2 Å². The number of aryl methyl sites for hydroxylation is 1. The van der Waals surface area contributed by atoms with Crippen molar-refractivity contribution in [3.63, 3.8) is 0 Å². The van der Waals surface area contributed by atoms with Crippen molar-refractivity contribution in [2.75, 3.05) is 19.6 Å². The summed E-state index contributed by atoms with van der Waals surface area (Å²) in [7, 11) is -3.44. The lowest BCUT2D eigenvalue weighted by molar-refractivity contribution is 0.335. The highest BCUT2D eigenvalue weighted by Crippen LogP contribution is 2.26. The molecule has 1 aromatic carbocycles. The van der Waals surface area contributed by atoms with Crippen LogP contribution in [-0.2, 0) is 10.0 Å². The monoisotopic (exact) mass is 396 g/mol. The zero-order chi connectivity index (χ0) is 14.8. The Morgan fingerprint density at radius 3 is 2.71 bits per heavy atom. The molecule has 1 N–H and O–H groups in total. The van der Waals surface area contributed by atoms with Crippen LogP contribution in [0.4, 0.5) is 0 Å². The molecular formula is C14H22BrClN2O2S. The van der Waals surface area contributed by atoms with Crippen molar-refractivity contribution in [3.05, 3.63) is 28.2 Å². The van der Waals surface area contributed by atoms with Crippen LogP contribution >= 0.6 is 28.3 Å². The molecule has 2 rings (SSSR count). The van der Waals surface area contributed by atoms with Crippen LogP contribution in [0.2, 0.25) is 0 Å². The van der Waals surface area contributed by atoms with E-state index in [1.807, 2.05) is 26.0 Å². The molecule has 1 unspecified atom stereocenters. The Labute approximate surface area is 141 Å². The van der Waals surface area contributed by atoms with Gasteiger partial charge >= 0.3 is 0 Å². The van der Waals surface area contributed by atoms with Crippen molar-refractivity contribution < 1.29 is 8.42 Å². The Balaban J connectivity index is 0.00000220. The van der Waals surface area contributed by atoms with Crippen LogP contribution in [0.3, 0.4) is 0 Å². The van der Waals surface area contributed by atoms with E-state index in [0.717, 1.165) is 36.0 Å². The van der Waals surface area contributed by atoms with E-state index in [1.165, 1.54) is 0 Å². The lowest BCUT2D eigenvalue weighted by Crippen LogP contribution is -2.42. The first-order valence-corrected chi connectivity index (χ1v) is 9.19. The van der Waals surface area contributed by atoms with Gasteiger partial charge in [-0.1, -0.05) is 28.9 Å². The number of halogens is 2. The molecule has 4 nitrogen and oxygen atoms in total. The van der Waals surface area contributed by atoms with Gasteiger partial charge in [0.25, 0.3) is 0 Å². The summed E-state index contributed by atoms with van der Waals surface area (Å²) in [5.41, 5.74) is 0.792. The largest absolute Gasteiger partial charge is 0.315 e. The quantitative estimate of drug-likeness (QED) is 0.831. The fourth-order valence-corrected chi connectivity index (χ4v) is 5.09. The van der Waals surface area contributed by atoms with E-state index in [1.54, 1.807) is 10.4 Å². The van der Waals surface area contributed by atoms with Crippen molar-refractivity contribution in [1.82, 2.24) is 9.62 Å². The molecule has 0 aromatic heterocycles. The average molecular weight is 398 g/mol. The molecule has 1 heterocycles. The zero-order valence-electron chi connectivity index (χ0n) is 12.3. The van der Waals surface area contributed by atoms with Gasteiger partial charge in [0, 0.05) is 23.6 Å². The van der Waals surface area contributed by atoms with Crippen LogP contribution < -0.4 is 5.32 Å². The van der Waals surface area contributed by atoms with Crippen molar-refractivity contribution in [2.45, 2.75) is 37.6 Å². The van der Waals surface area contributed by atoms with Crippen LogP contribution in [0, 0.1) is 6.92 Å². The maximum absolute atomic E-state index is 13.0. The summed E-state index contributed by atoms with van der Waals surface area (Å²) in [6.45, 7) is 6.06. The second kappa shape index (κ2) is 7.92. The first-order chi connectivity index (χ1) is 9.46. The molecule has 1 aliphatic rings. The minimum atomic E-state index is -3.44. The van der Waals surface area contributed by atoms with Crippen molar-refractivity contribution >= 4 is 38.4 Å². The van der Waals surface area contributed by atoms with E-state index in [9.17, 15) is 8.42 Å². The molecule has 1 atom stereocenters. The van der Waals surface area contributed by atoms with E-state index in [0.29, 0.717) is 11.4 Å². The first kappa shape index (κ1) is 18.9. The van der Waals surface area contributed by atoms with Crippen LogP contribution in [0.15, 0.2) is 27.6 Å². The molecule has 1 fully saturated rings. The highest BCUT2D eigenvalue weighted by atomic mass is 79.9. The SMILES string of the molecule is CCCN(C1CCNC1)S(=O)(=O)c1cc(Br)ccc1C.Cl. The van der Waals surface area contributed by atoms with Gasteiger partial charge in [0.2, 0.25) is 10.0 Å². The van der Waals surface area contributed by atoms with Gasteiger partial charge in [-0.05, 0) is 44.0 Å². The van der Waals surface area contributed by atoms with Gasteiger partial charge in [-0.15, -0.1) is 12.4 Å². The molecular weight excluding hydrogens is 376 g/mol. The summed E-state index contributed by atoms with van der Waals surface area (Å²) in [6, 6.07) is 5.48. The summed E-state index contributed by atoms with van der Waals surface area (Å²) in [4.78, 5) is 0.409. The van der Waals surface area contributed by atoms with Crippen molar-refractivity contribution in [1.29, 1.82) is 0 Å². The molecule has 0 bridgehead atoms. The third-order valence-electron chi connectivity index (χ3n) is 3.62. The molecule has 0 saturated carbocycles. The van der Waals surface area contributed by atoms with Crippen LogP contribution in [-0.4, -0.2) is 38.4 Å². The number of hydrogen-bond donors (Lipinski definition) is 1. The normalized spacial score (nSPS) is 18.8. The number of sulfonamides is 1. The molecule has 120 valence electrons. The van der Waals surface area contributed by atoms with Gasteiger partial charge in [-0.3, -0.25) is 0 Å². The molecule has 0 radical (unpaired) electrons.